The smallest absolute Gasteiger partial charge is 0.198 e. The Kier molecular flexibility index (Phi) is 8.08. The summed E-state index contributed by atoms with van der Waals surface area (Å²) in [7, 11) is 0. The van der Waals surface area contributed by atoms with Gasteiger partial charge in [0.25, 0.3) is 0 Å². The van der Waals surface area contributed by atoms with E-state index in [4.69, 9.17) is 5.73 Å². The minimum atomic E-state index is -0.178. The molecule has 5 heteroatoms. The van der Waals surface area contributed by atoms with Crippen LogP contribution in [0, 0.1) is 5.92 Å². The largest absolute Gasteiger partial charge is 0.324 e. The summed E-state index contributed by atoms with van der Waals surface area (Å²) in [6, 6.07) is 1.49. The second-order valence-corrected chi connectivity index (χ2v) is 5.77. The average molecular weight is 292 g/mol. The molecule has 0 aliphatic heterocycles. The first-order valence-electron chi connectivity index (χ1n) is 7.88. The van der Waals surface area contributed by atoms with Crippen molar-refractivity contribution in [2.45, 2.75) is 59.0 Å². The van der Waals surface area contributed by atoms with Gasteiger partial charge in [0, 0.05) is 6.20 Å². The Bertz CT molecular complexity index is 434. The minimum absolute atomic E-state index is 0.0392. The monoisotopic (exact) mass is 292 g/mol. The van der Waals surface area contributed by atoms with Gasteiger partial charge >= 0.3 is 0 Å². The first-order valence-corrected chi connectivity index (χ1v) is 7.88. The number of carbonyl (C=O) groups excluding carboxylic acids is 1. The Balaban J connectivity index is 2.73. The van der Waals surface area contributed by atoms with Crippen LogP contribution >= 0.6 is 0 Å². The molecule has 0 radical (unpaired) electrons. The third-order valence-corrected chi connectivity index (χ3v) is 3.34. The first-order chi connectivity index (χ1) is 10.1. The van der Waals surface area contributed by atoms with E-state index in [1.165, 1.54) is 12.8 Å². The van der Waals surface area contributed by atoms with Crippen molar-refractivity contribution < 1.29 is 4.79 Å². The molecular weight excluding hydrogens is 264 g/mol. The molecule has 5 nitrogen and oxygen atoms in total. The van der Waals surface area contributed by atoms with Crippen LogP contribution in [0.2, 0.25) is 0 Å². The lowest BCUT2D eigenvalue weighted by Crippen LogP contribution is -2.39. The zero-order valence-corrected chi connectivity index (χ0v) is 13.4. The van der Waals surface area contributed by atoms with Crippen LogP contribution in [0.3, 0.4) is 0 Å². The lowest BCUT2D eigenvalue weighted by atomic mass is 9.98. The van der Waals surface area contributed by atoms with Crippen LogP contribution in [0.1, 0.15) is 62.8 Å². The molecule has 0 aliphatic rings. The SMILES string of the molecule is CCCCCNC(CC(C)C)C(=O)c1ccnc(CN)n1. The molecule has 0 amide bonds. The molecule has 0 aromatic carbocycles. The van der Waals surface area contributed by atoms with E-state index in [1.54, 1.807) is 12.3 Å². The third-order valence-electron chi connectivity index (χ3n) is 3.34. The molecule has 1 rings (SSSR count). The van der Waals surface area contributed by atoms with Gasteiger partial charge in [-0.25, -0.2) is 9.97 Å². The van der Waals surface area contributed by atoms with Crippen LogP contribution < -0.4 is 11.1 Å². The first kappa shape index (κ1) is 17.7. The van der Waals surface area contributed by atoms with Gasteiger partial charge in [-0.2, -0.15) is 0 Å². The summed E-state index contributed by atoms with van der Waals surface area (Å²) in [5, 5.41) is 3.38. The highest BCUT2D eigenvalue weighted by Crippen LogP contribution is 2.10. The predicted octanol–water partition coefficient (Wildman–Crippen LogP) is 2.31. The molecule has 0 bridgehead atoms. The fourth-order valence-electron chi connectivity index (χ4n) is 2.22. The second kappa shape index (κ2) is 9.58. The molecule has 1 heterocycles. The summed E-state index contributed by atoms with van der Waals surface area (Å²) >= 11 is 0. The second-order valence-electron chi connectivity index (χ2n) is 5.77. The van der Waals surface area contributed by atoms with Crippen molar-refractivity contribution in [1.82, 2.24) is 15.3 Å². The number of nitrogens with one attached hydrogen (secondary N) is 1. The van der Waals surface area contributed by atoms with Crippen molar-refractivity contribution in [1.29, 1.82) is 0 Å². The number of hydrogen-bond donors (Lipinski definition) is 2. The molecule has 0 saturated heterocycles. The fraction of sp³-hybridized carbons (Fsp3) is 0.688. The van der Waals surface area contributed by atoms with Gasteiger partial charge in [0.1, 0.15) is 11.5 Å². The van der Waals surface area contributed by atoms with E-state index in [9.17, 15) is 4.79 Å². The lowest BCUT2D eigenvalue weighted by Gasteiger charge is -2.19. The van der Waals surface area contributed by atoms with Crippen molar-refractivity contribution >= 4 is 5.78 Å². The molecule has 0 saturated carbocycles. The number of ketones is 1. The van der Waals surface area contributed by atoms with Crippen LogP contribution in [-0.4, -0.2) is 28.3 Å². The van der Waals surface area contributed by atoms with Gasteiger partial charge in [-0.15, -0.1) is 0 Å². The van der Waals surface area contributed by atoms with Gasteiger partial charge in [-0.1, -0.05) is 33.6 Å². The molecule has 0 spiro atoms. The van der Waals surface area contributed by atoms with Gasteiger partial charge in [0.15, 0.2) is 5.78 Å². The van der Waals surface area contributed by atoms with E-state index in [0.29, 0.717) is 17.4 Å². The maximum absolute atomic E-state index is 12.6. The van der Waals surface area contributed by atoms with Crippen molar-refractivity contribution in [3.63, 3.8) is 0 Å². The van der Waals surface area contributed by atoms with Crippen molar-refractivity contribution in [2.75, 3.05) is 6.54 Å². The zero-order chi connectivity index (χ0) is 15.7. The van der Waals surface area contributed by atoms with E-state index < -0.39 is 0 Å². The van der Waals surface area contributed by atoms with Crippen molar-refractivity contribution in [3.8, 4) is 0 Å². The number of hydrogen-bond acceptors (Lipinski definition) is 5. The summed E-state index contributed by atoms with van der Waals surface area (Å²) in [6.07, 6.45) is 5.87. The summed E-state index contributed by atoms with van der Waals surface area (Å²) < 4.78 is 0. The maximum atomic E-state index is 12.6. The number of unbranched alkanes of at least 4 members (excludes halogenated alkanes) is 2. The molecule has 3 N–H and O–H groups in total. The van der Waals surface area contributed by atoms with Gasteiger partial charge in [-0.05, 0) is 31.4 Å². The maximum Gasteiger partial charge on any atom is 0.198 e. The van der Waals surface area contributed by atoms with E-state index >= 15 is 0 Å². The molecule has 118 valence electrons. The van der Waals surface area contributed by atoms with Crippen molar-refractivity contribution in [2.24, 2.45) is 11.7 Å². The average Bonchev–Trinajstić information content (AvgIpc) is 2.49. The third kappa shape index (κ3) is 6.31. The highest BCUT2D eigenvalue weighted by atomic mass is 16.1. The van der Waals surface area contributed by atoms with Gasteiger partial charge in [0.2, 0.25) is 0 Å². The standard InChI is InChI=1S/C16H28N4O/c1-4-5-6-8-18-14(10-12(2)3)16(21)13-7-9-19-15(11-17)20-13/h7,9,12,14,18H,4-6,8,10-11,17H2,1-3H3. The van der Waals surface area contributed by atoms with Crippen LogP contribution in [0.25, 0.3) is 0 Å². The van der Waals surface area contributed by atoms with Gasteiger partial charge in [0.05, 0.1) is 12.6 Å². The van der Waals surface area contributed by atoms with Crippen LogP contribution in [0.5, 0.6) is 0 Å². The molecule has 0 fully saturated rings. The number of Topliss-reactive ketones (excluding diaryl/α,β-unsaturated/α-hetero) is 1. The van der Waals surface area contributed by atoms with E-state index in [0.717, 1.165) is 19.4 Å². The molecule has 1 aromatic heterocycles. The fourth-order valence-corrected chi connectivity index (χ4v) is 2.22. The summed E-state index contributed by atoms with van der Waals surface area (Å²) in [5.74, 6) is 1.00. The summed E-state index contributed by atoms with van der Waals surface area (Å²) in [4.78, 5) is 20.9. The van der Waals surface area contributed by atoms with Gasteiger partial charge < -0.3 is 11.1 Å². The van der Waals surface area contributed by atoms with Crippen molar-refractivity contribution in [3.05, 3.63) is 23.8 Å². The summed E-state index contributed by atoms with van der Waals surface area (Å²) in [6.45, 7) is 7.54. The molecule has 21 heavy (non-hydrogen) atoms. The quantitative estimate of drug-likeness (QED) is 0.511. The Hall–Kier alpha value is -1.33. The number of nitrogens with two attached hydrogens (primary N) is 1. The number of carbonyl (C=O) groups is 1. The molecule has 1 aromatic rings. The Labute approximate surface area is 127 Å². The lowest BCUT2D eigenvalue weighted by molar-refractivity contribution is 0.0924. The van der Waals surface area contributed by atoms with Gasteiger partial charge in [-0.3, -0.25) is 4.79 Å². The van der Waals surface area contributed by atoms with E-state index in [2.05, 4.69) is 36.1 Å². The highest BCUT2D eigenvalue weighted by Gasteiger charge is 2.22. The van der Waals surface area contributed by atoms with Crippen LogP contribution in [0.15, 0.2) is 12.3 Å². The molecule has 0 aliphatic carbocycles. The number of aromatic nitrogens is 2. The highest BCUT2D eigenvalue weighted by molar-refractivity contribution is 5.98. The number of rotatable bonds is 10. The summed E-state index contributed by atoms with van der Waals surface area (Å²) in [5.41, 5.74) is 5.99. The Morgan fingerprint density at radius 1 is 1.38 bits per heavy atom. The van der Waals surface area contributed by atoms with E-state index in [1.807, 2.05) is 0 Å². The van der Waals surface area contributed by atoms with E-state index in [-0.39, 0.29) is 18.4 Å². The topological polar surface area (TPSA) is 80.9 Å². The van der Waals surface area contributed by atoms with Crippen LogP contribution in [-0.2, 0) is 6.54 Å². The minimum Gasteiger partial charge on any atom is -0.324 e. The molecule has 1 atom stereocenters. The normalized spacial score (nSPS) is 12.6. The zero-order valence-electron chi connectivity index (χ0n) is 13.4. The molecular formula is C16H28N4O. The van der Waals surface area contributed by atoms with Crippen LogP contribution in [0.4, 0.5) is 0 Å². The molecule has 1 unspecified atom stereocenters. The Morgan fingerprint density at radius 2 is 2.14 bits per heavy atom. The Morgan fingerprint density at radius 3 is 2.76 bits per heavy atom. The number of nitrogens with zero attached hydrogens (tertiary/aromatic N) is 2. The predicted molar refractivity (Wildman–Crippen MR) is 85.0 cm³/mol.